The van der Waals surface area contributed by atoms with Gasteiger partial charge in [0.15, 0.2) is 0 Å². The second-order valence-electron chi connectivity index (χ2n) is 8.15. The third kappa shape index (κ3) is 5.29. The minimum Gasteiger partial charge on any atom is -0.492 e. The average molecular weight is 438 g/mol. The van der Waals surface area contributed by atoms with E-state index in [0.29, 0.717) is 24.9 Å². The van der Waals surface area contributed by atoms with Gasteiger partial charge >= 0.3 is 5.97 Å². The average Bonchev–Trinajstić information content (AvgIpc) is 3.19. The SMILES string of the molecule is CCOCCn1cc(C2CCN(CCOc3cccc(C(=O)O)c3)CC2)c2cccnc21. The molecule has 2 aromatic heterocycles. The van der Waals surface area contributed by atoms with Crippen LogP contribution in [-0.2, 0) is 11.3 Å². The third-order valence-electron chi connectivity index (χ3n) is 6.13. The van der Waals surface area contributed by atoms with Gasteiger partial charge in [0.1, 0.15) is 18.0 Å². The molecular formula is C25H31N3O4. The van der Waals surface area contributed by atoms with E-state index in [2.05, 4.69) is 26.7 Å². The summed E-state index contributed by atoms with van der Waals surface area (Å²) in [6.07, 6.45) is 6.34. The van der Waals surface area contributed by atoms with Crippen molar-refractivity contribution in [1.82, 2.24) is 14.5 Å². The Balaban J connectivity index is 1.31. The summed E-state index contributed by atoms with van der Waals surface area (Å²) in [5.41, 5.74) is 2.69. The molecule has 0 bridgehead atoms. The molecule has 1 saturated heterocycles. The van der Waals surface area contributed by atoms with Gasteiger partial charge in [-0.3, -0.25) is 4.90 Å². The number of aromatic nitrogens is 2. The summed E-state index contributed by atoms with van der Waals surface area (Å²) in [5, 5.41) is 10.4. The number of carboxylic acids is 1. The predicted octanol–water partition coefficient (Wildman–Crippen LogP) is 4.03. The molecule has 170 valence electrons. The van der Waals surface area contributed by atoms with E-state index < -0.39 is 5.97 Å². The summed E-state index contributed by atoms with van der Waals surface area (Å²) < 4.78 is 13.6. The van der Waals surface area contributed by atoms with Gasteiger partial charge in [-0.05, 0) is 74.7 Å². The second kappa shape index (κ2) is 10.6. The van der Waals surface area contributed by atoms with Crippen LogP contribution in [0.4, 0.5) is 0 Å². The number of pyridine rings is 1. The van der Waals surface area contributed by atoms with Crippen LogP contribution in [0.3, 0.4) is 0 Å². The molecule has 0 atom stereocenters. The van der Waals surface area contributed by atoms with Crippen molar-refractivity contribution in [3.8, 4) is 5.75 Å². The Morgan fingerprint density at radius 3 is 2.78 bits per heavy atom. The summed E-state index contributed by atoms with van der Waals surface area (Å²) in [7, 11) is 0. The minimum atomic E-state index is -0.938. The molecular weight excluding hydrogens is 406 g/mol. The number of carbonyl (C=O) groups is 1. The number of aromatic carboxylic acids is 1. The highest BCUT2D eigenvalue weighted by Gasteiger charge is 2.24. The Labute approximate surface area is 188 Å². The lowest BCUT2D eigenvalue weighted by Gasteiger charge is -2.31. The Morgan fingerprint density at radius 1 is 1.16 bits per heavy atom. The lowest BCUT2D eigenvalue weighted by molar-refractivity contribution is 0.0696. The number of rotatable bonds is 10. The molecule has 0 saturated carbocycles. The number of fused-ring (bicyclic) bond motifs is 1. The Hall–Kier alpha value is -2.90. The highest BCUT2D eigenvalue weighted by atomic mass is 16.5. The number of hydrogen-bond acceptors (Lipinski definition) is 5. The summed E-state index contributed by atoms with van der Waals surface area (Å²) in [5.74, 6) is 0.193. The number of hydrogen-bond donors (Lipinski definition) is 1. The van der Waals surface area contributed by atoms with E-state index in [1.807, 2.05) is 19.2 Å². The van der Waals surface area contributed by atoms with E-state index in [1.165, 1.54) is 10.9 Å². The largest absolute Gasteiger partial charge is 0.492 e. The maximum Gasteiger partial charge on any atom is 0.335 e. The van der Waals surface area contributed by atoms with E-state index in [4.69, 9.17) is 14.6 Å². The van der Waals surface area contributed by atoms with Crippen LogP contribution in [0.15, 0.2) is 48.8 Å². The Bertz CT molecular complexity index is 1040. The zero-order chi connectivity index (χ0) is 22.3. The fraction of sp³-hybridized carbons (Fsp3) is 0.440. The number of likely N-dealkylation sites (tertiary alicyclic amines) is 1. The standard InChI is InChI=1S/C25H31N3O4/c1-2-31-15-14-28-18-23(22-7-4-10-26-24(22)28)19-8-11-27(12-9-19)13-16-32-21-6-3-5-20(17-21)25(29)30/h3-7,10,17-19H,2,8-9,11-16H2,1H3,(H,29,30). The molecule has 1 aliphatic rings. The number of benzene rings is 1. The topological polar surface area (TPSA) is 76.8 Å². The maximum absolute atomic E-state index is 11.1. The fourth-order valence-corrected chi connectivity index (χ4v) is 4.43. The molecule has 1 N–H and O–H groups in total. The molecule has 32 heavy (non-hydrogen) atoms. The third-order valence-corrected chi connectivity index (χ3v) is 6.13. The molecule has 7 heteroatoms. The van der Waals surface area contributed by atoms with Crippen molar-refractivity contribution in [3.63, 3.8) is 0 Å². The monoisotopic (exact) mass is 437 g/mol. The van der Waals surface area contributed by atoms with Gasteiger partial charge in [-0.25, -0.2) is 9.78 Å². The first-order valence-electron chi connectivity index (χ1n) is 11.4. The van der Waals surface area contributed by atoms with Crippen LogP contribution in [-0.4, -0.2) is 65.0 Å². The van der Waals surface area contributed by atoms with Crippen LogP contribution in [0, 0.1) is 0 Å². The van der Waals surface area contributed by atoms with Gasteiger partial charge in [-0.1, -0.05) is 6.07 Å². The second-order valence-corrected chi connectivity index (χ2v) is 8.15. The van der Waals surface area contributed by atoms with Crippen molar-refractivity contribution in [2.24, 2.45) is 0 Å². The van der Waals surface area contributed by atoms with Crippen LogP contribution in [0.25, 0.3) is 11.0 Å². The zero-order valence-corrected chi connectivity index (χ0v) is 18.6. The number of nitrogens with zero attached hydrogens (tertiary/aromatic N) is 3. The first kappa shape index (κ1) is 22.3. The van der Waals surface area contributed by atoms with Crippen LogP contribution < -0.4 is 4.74 Å². The summed E-state index contributed by atoms with van der Waals surface area (Å²) in [6.45, 7) is 7.70. The van der Waals surface area contributed by atoms with Gasteiger partial charge in [0.05, 0.1) is 12.2 Å². The summed E-state index contributed by atoms with van der Waals surface area (Å²) >= 11 is 0. The van der Waals surface area contributed by atoms with Crippen molar-refractivity contribution < 1.29 is 19.4 Å². The minimum absolute atomic E-state index is 0.248. The number of carboxylic acid groups (broad SMARTS) is 1. The molecule has 0 unspecified atom stereocenters. The van der Waals surface area contributed by atoms with Crippen molar-refractivity contribution in [2.45, 2.75) is 32.2 Å². The highest BCUT2D eigenvalue weighted by Crippen LogP contribution is 2.33. The van der Waals surface area contributed by atoms with Crippen molar-refractivity contribution in [2.75, 3.05) is 39.5 Å². The normalized spacial score (nSPS) is 15.3. The van der Waals surface area contributed by atoms with Crippen LogP contribution in [0.5, 0.6) is 5.75 Å². The van der Waals surface area contributed by atoms with Crippen LogP contribution in [0.2, 0.25) is 0 Å². The van der Waals surface area contributed by atoms with E-state index >= 15 is 0 Å². The molecule has 3 heterocycles. The molecule has 0 spiro atoms. The van der Waals surface area contributed by atoms with Gasteiger partial charge in [-0.2, -0.15) is 0 Å². The lowest BCUT2D eigenvalue weighted by atomic mass is 9.89. The number of piperidine rings is 1. The van der Waals surface area contributed by atoms with E-state index in [0.717, 1.165) is 51.3 Å². The smallest absolute Gasteiger partial charge is 0.335 e. The first-order chi connectivity index (χ1) is 15.7. The molecule has 7 nitrogen and oxygen atoms in total. The predicted molar refractivity (Wildman–Crippen MR) is 124 cm³/mol. The van der Waals surface area contributed by atoms with E-state index in [-0.39, 0.29) is 5.56 Å². The summed E-state index contributed by atoms with van der Waals surface area (Å²) in [6, 6.07) is 10.9. The molecule has 1 fully saturated rings. The van der Waals surface area contributed by atoms with Gasteiger partial charge in [0.25, 0.3) is 0 Å². The molecule has 0 amide bonds. The fourth-order valence-electron chi connectivity index (χ4n) is 4.43. The van der Waals surface area contributed by atoms with Crippen LogP contribution in [0.1, 0.15) is 41.6 Å². The lowest BCUT2D eigenvalue weighted by Crippen LogP contribution is -2.35. The van der Waals surface area contributed by atoms with Gasteiger partial charge in [0.2, 0.25) is 0 Å². The Kier molecular flexibility index (Phi) is 7.39. The maximum atomic E-state index is 11.1. The molecule has 3 aromatic rings. The molecule has 4 rings (SSSR count). The summed E-state index contributed by atoms with van der Waals surface area (Å²) in [4.78, 5) is 18.1. The molecule has 1 aliphatic heterocycles. The molecule has 1 aromatic carbocycles. The van der Waals surface area contributed by atoms with Gasteiger partial charge in [-0.15, -0.1) is 0 Å². The zero-order valence-electron chi connectivity index (χ0n) is 18.6. The molecule has 0 aliphatic carbocycles. The highest BCUT2D eigenvalue weighted by molar-refractivity contribution is 5.88. The van der Waals surface area contributed by atoms with Gasteiger partial charge in [0, 0.05) is 37.5 Å². The van der Waals surface area contributed by atoms with Crippen LogP contribution >= 0.6 is 0 Å². The van der Waals surface area contributed by atoms with Crippen molar-refractivity contribution in [1.29, 1.82) is 0 Å². The Morgan fingerprint density at radius 2 is 2.00 bits per heavy atom. The van der Waals surface area contributed by atoms with Crippen molar-refractivity contribution >= 4 is 17.0 Å². The van der Waals surface area contributed by atoms with Crippen molar-refractivity contribution in [3.05, 3.63) is 59.9 Å². The van der Waals surface area contributed by atoms with E-state index in [1.54, 1.807) is 24.3 Å². The number of ether oxygens (including phenoxy) is 2. The molecule has 0 radical (unpaired) electrons. The quantitative estimate of drug-likeness (QED) is 0.483. The van der Waals surface area contributed by atoms with Gasteiger partial charge < -0.3 is 19.1 Å². The first-order valence-corrected chi connectivity index (χ1v) is 11.4. The van der Waals surface area contributed by atoms with E-state index in [9.17, 15) is 4.79 Å².